The van der Waals surface area contributed by atoms with Crippen LogP contribution in [0.4, 0.5) is 0 Å². The predicted molar refractivity (Wildman–Crippen MR) is 112 cm³/mol. The normalized spacial score (nSPS) is 11.4. The van der Waals surface area contributed by atoms with E-state index < -0.39 is 31.8 Å². The van der Waals surface area contributed by atoms with E-state index in [1.165, 1.54) is 13.0 Å². The van der Waals surface area contributed by atoms with Crippen molar-refractivity contribution in [3.05, 3.63) is 101 Å². The highest BCUT2D eigenvalue weighted by atomic mass is 127. The third-order valence-corrected chi connectivity index (χ3v) is 9.37. The van der Waals surface area contributed by atoms with Gasteiger partial charge in [0.05, 0.1) is 10.8 Å². The van der Waals surface area contributed by atoms with E-state index in [4.69, 9.17) is 11.9 Å². The zero-order valence-corrected chi connectivity index (χ0v) is 18.4. The third-order valence-electron chi connectivity index (χ3n) is 4.71. The Morgan fingerprint density at radius 2 is 1.48 bits per heavy atom. The molecule has 0 spiro atoms. The number of carbonyl (C=O) groups excluding carboxylic acids is 1. The van der Waals surface area contributed by atoms with E-state index in [1.807, 2.05) is 24.3 Å². The number of carbonyl (C=O) groups is 1. The first-order valence-electron chi connectivity index (χ1n) is 9.38. The standard InChI is InChI=1S/C24H15IO6/c1-14(26)31-25(17-8-6-15-7-11-23(27)30-22(15)13-17)16-9-10-21-19(12-16)24(28)18-4-2-3-5-20(18)29-21/h2-13H,1H3/q+1. The van der Waals surface area contributed by atoms with Crippen LogP contribution < -0.4 is 31.3 Å². The van der Waals surface area contributed by atoms with Gasteiger partial charge in [-0.05, 0) is 42.5 Å². The molecule has 0 saturated heterocycles. The molecule has 0 fully saturated rings. The Labute approximate surface area is 183 Å². The minimum Gasteiger partial charge on any atom is -0.456 e. The van der Waals surface area contributed by atoms with Crippen LogP contribution in [-0.4, -0.2) is 5.97 Å². The van der Waals surface area contributed by atoms with Gasteiger partial charge in [0.2, 0.25) is 5.43 Å². The Balaban J connectivity index is 1.70. The molecule has 0 saturated carbocycles. The fourth-order valence-electron chi connectivity index (χ4n) is 3.35. The van der Waals surface area contributed by atoms with Crippen LogP contribution in [0.2, 0.25) is 0 Å². The van der Waals surface area contributed by atoms with Crippen molar-refractivity contribution in [1.29, 1.82) is 0 Å². The summed E-state index contributed by atoms with van der Waals surface area (Å²) in [5.74, 6) is -0.412. The van der Waals surface area contributed by atoms with Crippen molar-refractivity contribution in [2.24, 2.45) is 0 Å². The van der Waals surface area contributed by atoms with Crippen LogP contribution in [0.15, 0.2) is 91.2 Å². The molecule has 7 heteroatoms. The van der Waals surface area contributed by atoms with Crippen LogP contribution >= 0.6 is 0 Å². The minimum absolute atomic E-state index is 0.137. The number of hydrogen-bond acceptors (Lipinski definition) is 6. The molecule has 153 valence electrons. The Hall–Kier alpha value is -3.46. The van der Waals surface area contributed by atoms with Crippen LogP contribution in [0.5, 0.6) is 0 Å². The van der Waals surface area contributed by atoms with Gasteiger partial charge >= 0.3 is 31.8 Å². The summed E-state index contributed by atoms with van der Waals surface area (Å²) in [4.78, 5) is 36.5. The highest BCUT2D eigenvalue weighted by Crippen LogP contribution is 2.18. The molecule has 5 aromatic rings. The lowest BCUT2D eigenvalue weighted by Gasteiger charge is -2.06. The Morgan fingerprint density at radius 1 is 0.774 bits per heavy atom. The van der Waals surface area contributed by atoms with Crippen LogP contribution in [0.1, 0.15) is 6.92 Å². The molecular formula is C24H15IO6+. The maximum absolute atomic E-state index is 13.0. The summed E-state index contributed by atoms with van der Waals surface area (Å²) in [5.41, 5.74) is 0.823. The molecule has 0 atom stereocenters. The zero-order valence-electron chi connectivity index (χ0n) is 16.3. The lowest BCUT2D eigenvalue weighted by atomic mass is 10.1. The van der Waals surface area contributed by atoms with Gasteiger partial charge < -0.3 is 8.83 Å². The minimum atomic E-state index is -2.73. The van der Waals surface area contributed by atoms with E-state index >= 15 is 0 Å². The van der Waals surface area contributed by atoms with E-state index in [0.29, 0.717) is 27.5 Å². The lowest BCUT2D eigenvalue weighted by Crippen LogP contribution is -3.85. The highest BCUT2D eigenvalue weighted by molar-refractivity contribution is 5.89. The van der Waals surface area contributed by atoms with Crippen LogP contribution in [-0.2, 0) is 7.86 Å². The molecule has 0 N–H and O–H groups in total. The summed E-state index contributed by atoms with van der Waals surface area (Å²) in [6.45, 7) is 1.36. The molecule has 5 rings (SSSR count). The summed E-state index contributed by atoms with van der Waals surface area (Å²) in [7, 11) is 0. The van der Waals surface area contributed by atoms with Gasteiger partial charge in [-0.2, -0.15) is 0 Å². The maximum Gasteiger partial charge on any atom is 0.358 e. The van der Waals surface area contributed by atoms with Crippen molar-refractivity contribution in [3.8, 4) is 0 Å². The van der Waals surface area contributed by atoms with E-state index in [9.17, 15) is 14.4 Å². The van der Waals surface area contributed by atoms with Crippen molar-refractivity contribution in [2.45, 2.75) is 6.92 Å². The third kappa shape index (κ3) is 3.61. The summed E-state index contributed by atoms with van der Waals surface area (Å²) in [6, 6.07) is 20.8. The highest BCUT2D eigenvalue weighted by Gasteiger charge is 2.34. The average molecular weight is 526 g/mol. The molecule has 31 heavy (non-hydrogen) atoms. The number of fused-ring (bicyclic) bond motifs is 3. The Morgan fingerprint density at radius 3 is 2.32 bits per heavy atom. The van der Waals surface area contributed by atoms with Crippen molar-refractivity contribution in [1.82, 2.24) is 0 Å². The molecule has 0 bridgehead atoms. The number of rotatable bonds is 3. The largest absolute Gasteiger partial charge is 0.456 e. The van der Waals surface area contributed by atoms with E-state index in [-0.39, 0.29) is 5.43 Å². The van der Waals surface area contributed by atoms with E-state index in [2.05, 4.69) is 0 Å². The second-order valence-electron chi connectivity index (χ2n) is 6.82. The first-order valence-corrected chi connectivity index (χ1v) is 12.4. The van der Waals surface area contributed by atoms with Crippen LogP contribution in [0.25, 0.3) is 32.9 Å². The van der Waals surface area contributed by atoms with E-state index in [0.717, 1.165) is 12.5 Å². The number of benzene rings is 3. The molecule has 0 aliphatic carbocycles. The summed E-state index contributed by atoms with van der Waals surface area (Å²) >= 11 is -2.73. The summed E-state index contributed by atoms with van der Waals surface area (Å²) < 4.78 is 18.4. The molecular weight excluding hydrogens is 511 g/mol. The fourth-order valence-corrected chi connectivity index (χ4v) is 7.37. The Bertz CT molecular complexity index is 1600. The first kappa shape index (κ1) is 19.5. The molecule has 3 aromatic carbocycles. The van der Waals surface area contributed by atoms with Gasteiger partial charge in [-0.25, -0.2) is 12.7 Å². The second kappa shape index (κ2) is 7.66. The fraction of sp³-hybridized carbons (Fsp3) is 0.0417. The topological polar surface area (TPSA) is 86.7 Å². The van der Waals surface area contributed by atoms with Gasteiger partial charge in [0.15, 0.2) is 7.14 Å². The van der Waals surface area contributed by atoms with Gasteiger partial charge in [0.1, 0.15) is 16.7 Å². The molecule has 2 aromatic heterocycles. The van der Waals surface area contributed by atoms with E-state index in [1.54, 1.807) is 42.5 Å². The smallest absolute Gasteiger partial charge is 0.358 e. The SMILES string of the molecule is CC(=O)O[I+](c1ccc2ccc(=O)oc2c1)c1ccc2oc3ccccc3c(=O)c2c1. The molecule has 0 unspecified atom stereocenters. The van der Waals surface area contributed by atoms with Gasteiger partial charge in [0, 0.05) is 30.5 Å². The van der Waals surface area contributed by atoms with Gasteiger partial charge in [-0.3, -0.25) is 4.79 Å². The van der Waals surface area contributed by atoms with Gasteiger partial charge in [-0.1, -0.05) is 12.1 Å². The van der Waals surface area contributed by atoms with Gasteiger partial charge in [-0.15, -0.1) is 0 Å². The summed E-state index contributed by atoms with van der Waals surface area (Å²) in [6.07, 6.45) is 0. The molecule has 0 amide bonds. The number of halogens is 1. The van der Waals surface area contributed by atoms with Crippen LogP contribution in [0.3, 0.4) is 0 Å². The van der Waals surface area contributed by atoms with Gasteiger partial charge in [0.25, 0.3) is 0 Å². The zero-order chi connectivity index (χ0) is 21.5. The van der Waals surface area contributed by atoms with Crippen LogP contribution in [0, 0.1) is 7.14 Å². The molecule has 1 radical (unpaired) electrons. The molecule has 6 nitrogen and oxygen atoms in total. The quantitative estimate of drug-likeness (QED) is 0.200. The van der Waals surface area contributed by atoms with Crippen molar-refractivity contribution >= 4 is 38.9 Å². The molecule has 0 aliphatic rings. The Kier molecular flexibility index (Phi) is 4.82. The predicted octanol–water partition coefficient (Wildman–Crippen LogP) is 1.19. The van der Waals surface area contributed by atoms with Crippen molar-refractivity contribution < 1.29 is 36.9 Å². The lowest BCUT2D eigenvalue weighted by molar-refractivity contribution is -1.04. The van der Waals surface area contributed by atoms with Crippen molar-refractivity contribution in [3.63, 3.8) is 0 Å². The monoisotopic (exact) mass is 526 g/mol. The number of para-hydroxylation sites is 1. The number of hydrogen-bond donors (Lipinski definition) is 0. The average Bonchev–Trinajstić information content (AvgIpc) is 2.77. The first-order chi connectivity index (χ1) is 15.0. The molecule has 0 aliphatic heterocycles. The summed E-state index contributed by atoms with van der Waals surface area (Å²) in [5, 5.41) is 1.69. The maximum atomic E-state index is 13.0. The molecule has 2 heterocycles. The van der Waals surface area contributed by atoms with Crippen molar-refractivity contribution in [2.75, 3.05) is 0 Å². The second-order valence-corrected chi connectivity index (χ2v) is 11.2.